The van der Waals surface area contributed by atoms with Crippen molar-refractivity contribution in [3.63, 3.8) is 0 Å². The number of pyridine rings is 1. The summed E-state index contributed by atoms with van der Waals surface area (Å²) >= 11 is 0. The van der Waals surface area contributed by atoms with Gasteiger partial charge in [-0.15, -0.1) is 0 Å². The van der Waals surface area contributed by atoms with Crippen molar-refractivity contribution in [3.8, 4) is 0 Å². The van der Waals surface area contributed by atoms with E-state index >= 15 is 0 Å². The number of carbonyl (C=O) groups excluding carboxylic acids is 1. The van der Waals surface area contributed by atoms with Gasteiger partial charge in [-0.05, 0) is 37.3 Å². The Kier molecular flexibility index (Phi) is 5.50. The van der Waals surface area contributed by atoms with E-state index in [-0.39, 0.29) is 28.6 Å². The Balaban J connectivity index is 2.55. The maximum absolute atomic E-state index is 12.9. The lowest BCUT2D eigenvalue weighted by atomic mass is 9.92. The molecule has 0 aromatic carbocycles. The Bertz CT molecular complexity index is 834. The highest BCUT2D eigenvalue weighted by Crippen LogP contribution is 2.22. The number of fused-ring (bicyclic) bond motifs is 1. The SMILES string of the molecule is CCC(C)Nc1nc2c(C)cccn2c(=O)c1NC(=O)CC(C)(C)C. The zero-order valence-corrected chi connectivity index (χ0v) is 15.9. The highest BCUT2D eigenvalue weighted by Gasteiger charge is 2.21. The monoisotopic (exact) mass is 344 g/mol. The van der Waals surface area contributed by atoms with Gasteiger partial charge in [0, 0.05) is 18.7 Å². The van der Waals surface area contributed by atoms with E-state index in [9.17, 15) is 9.59 Å². The van der Waals surface area contributed by atoms with Crippen LogP contribution in [0.1, 0.15) is 53.0 Å². The summed E-state index contributed by atoms with van der Waals surface area (Å²) in [6.07, 6.45) is 2.88. The minimum absolute atomic E-state index is 0.136. The molecule has 2 heterocycles. The van der Waals surface area contributed by atoms with E-state index in [1.807, 2.05) is 40.7 Å². The lowest BCUT2D eigenvalue weighted by Gasteiger charge is -2.20. The minimum Gasteiger partial charge on any atom is -0.366 e. The van der Waals surface area contributed by atoms with Crippen LogP contribution in [0.2, 0.25) is 0 Å². The second-order valence-electron chi connectivity index (χ2n) is 7.76. The molecule has 25 heavy (non-hydrogen) atoms. The molecule has 0 radical (unpaired) electrons. The Morgan fingerprint density at radius 3 is 2.64 bits per heavy atom. The molecule has 0 spiro atoms. The number of aryl methyl sites for hydroxylation is 1. The summed E-state index contributed by atoms with van der Waals surface area (Å²) in [5.74, 6) is 0.238. The van der Waals surface area contributed by atoms with Gasteiger partial charge >= 0.3 is 0 Å². The summed E-state index contributed by atoms with van der Waals surface area (Å²) in [5, 5.41) is 6.03. The molecule has 1 atom stereocenters. The number of aromatic nitrogens is 2. The fourth-order valence-corrected chi connectivity index (χ4v) is 2.52. The average molecular weight is 344 g/mol. The van der Waals surface area contributed by atoms with E-state index in [0.29, 0.717) is 17.9 Å². The molecule has 0 aliphatic carbocycles. The van der Waals surface area contributed by atoms with Gasteiger partial charge in [0.15, 0.2) is 11.5 Å². The molecular formula is C19H28N4O2. The van der Waals surface area contributed by atoms with Gasteiger partial charge in [-0.3, -0.25) is 14.0 Å². The van der Waals surface area contributed by atoms with Crippen LogP contribution < -0.4 is 16.2 Å². The van der Waals surface area contributed by atoms with E-state index in [1.165, 1.54) is 4.40 Å². The van der Waals surface area contributed by atoms with Crippen LogP contribution >= 0.6 is 0 Å². The van der Waals surface area contributed by atoms with Crippen molar-refractivity contribution in [1.82, 2.24) is 9.38 Å². The standard InChI is InChI=1S/C19H28N4O2/c1-7-13(3)20-16-15(21-14(24)11-19(4,5)6)18(25)23-10-8-9-12(2)17(23)22-16/h8-10,13,20H,7,11H2,1-6H3,(H,21,24). The summed E-state index contributed by atoms with van der Waals surface area (Å²) in [7, 11) is 0. The summed E-state index contributed by atoms with van der Waals surface area (Å²) in [5.41, 5.74) is 1.26. The quantitative estimate of drug-likeness (QED) is 0.869. The molecule has 136 valence electrons. The predicted molar refractivity (Wildman–Crippen MR) is 102 cm³/mol. The Labute approximate surface area is 148 Å². The number of anilines is 2. The molecule has 0 aliphatic rings. The maximum atomic E-state index is 12.9. The smallest absolute Gasteiger partial charge is 0.283 e. The molecule has 0 saturated carbocycles. The van der Waals surface area contributed by atoms with Gasteiger partial charge < -0.3 is 10.6 Å². The van der Waals surface area contributed by atoms with Crippen molar-refractivity contribution >= 4 is 23.1 Å². The number of rotatable bonds is 5. The second-order valence-corrected chi connectivity index (χ2v) is 7.76. The Morgan fingerprint density at radius 2 is 2.04 bits per heavy atom. The van der Waals surface area contributed by atoms with Gasteiger partial charge in [0.25, 0.3) is 5.56 Å². The van der Waals surface area contributed by atoms with E-state index in [0.717, 1.165) is 12.0 Å². The molecule has 2 N–H and O–H groups in total. The molecule has 0 saturated heterocycles. The number of nitrogens with zero attached hydrogens (tertiary/aromatic N) is 2. The zero-order chi connectivity index (χ0) is 18.8. The molecule has 1 amide bonds. The molecule has 6 heteroatoms. The lowest BCUT2D eigenvalue weighted by molar-refractivity contribution is -0.117. The van der Waals surface area contributed by atoms with Gasteiger partial charge in [0.2, 0.25) is 5.91 Å². The van der Waals surface area contributed by atoms with Gasteiger partial charge in [-0.2, -0.15) is 0 Å². The Hall–Kier alpha value is -2.37. The number of hydrogen-bond acceptors (Lipinski definition) is 4. The number of carbonyl (C=O) groups is 1. The van der Waals surface area contributed by atoms with E-state index in [2.05, 4.69) is 22.5 Å². The average Bonchev–Trinajstić information content (AvgIpc) is 2.50. The molecule has 1 unspecified atom stereocenters. The van der Waals surface area contributed by atoms with Crippen LogP contribution in [0.5, 0.6) is 0 Å². The number of amides is 1. The summed E-state index contributed by atoms with van der Waals surface area (Å²) in [6.45, 7) is 11.9. The third-order valence-corrected chi connectivity index (χ3v) is 4.00. The van der Waals surface area contributed by atoms with Crippen LogP contribution in [0.15, 0.2) is 23.1 Å². The van der Waals surface area contributed by atoms with Gasteiger partial charge in [-0.25, -0.2) is 4.98 Å². The topological polar surface area (TPSA) is 75.5 Å². The van der Waals surface area contributed by atoms with Gasteiger partial charge in [0.05, 0.1) is 0 Å². The third-order valence-electron chi connectivity index (χ3n) is 4.00. The largest absolute Gasteiger partial charge is 0.366 e. The van der Waals surface area contributed by atoms with Crippen LogP contribution in [0.25, 0.3) is 5.65 Å². The number of hydrogen-bond donors (Lipinski definition) is 2. The summed E-state index contributed by atoms with van der Waals surface area (Å²) < 4.78 is 1.48. The minimum atomic E-state index is -0.276. The van der Waals surface area contributed by atoms with Crippen molar-refractivity contribution in [2.45, 2.75) is 60.4 Å². The zero-order valence-electron chi connectivity index (χ0n) is 15.9. The van der Waals surface area contributed by atoms with Crippen molar-refractivity contribution in [2.24, 2.45) is 5.41 Å². The molecule has 6 nitrogen and oxygen atoms in total. The molecule has 0 bridgehead atoms. The van der Waals surface area contributed by atoms with Crippen molar-refractivity contribution < 1.29 is 4.79 Å². The van der Waals surface area contributed by atoms with Crippen LogP contribution in [-0.4, -0.2) is 21.3 Å². The molecule has 2 rings (SSSR count). The second kappa shape index (κ2) is 7.25. The molecule has 2 aromatic rings. The first-order chi connectivity index (χ1) is 11.6. The van der Waals surface area contributed by atoms with Gasteiger partial charge in [0.1, 0.15) is 5.65 Å². The predicted octanol–water partition coefficient (Wildman–Crippen LogP) is 3.59. The maximum Gasteiger partial charge on any atom is 0.283 e. The third kappa shape index (κ3) is 4.59. The summed E-state index contributed by atoms with van der Waals surface area (Å²) in [6, 6.07) is 3.84. The fourth-order valence-electron chi connectivity index (χ4n) is 2.52. The molecule has 2 aromatic heterocycles. The van der Waals surface area contributed by atoms with Crippen LogP contribution in [0, 0.1) is 12.3 Å². The first kappa shape index (κ1) is 19.0. The fraction of sp³-hybridized carbons (Fsp3) is 0.526. The van der Waals surface area contributed by atoms with Crippen LogP contribution in [-0.2, 0) is 4.79 Å². The normalized spacial score (nSPS) is 12.9. The molecular weight excluding hydrogens is 316 g/mol. The highest BCUT2D eigenvalue weighted by molar-refractivity contribution is 5.94. The lowest BCUT2D eigenvalue weighted by Crippen LogP contribution is -2.29. The van der Waals surface area contributed by atoms with E-state index in [4.69, 9.17) is 0 Å². The van der Waals surface area contributed by atoms with Gasteiger partial charge in [-0.1, -0.05) is 33.8 Å². The van der Waals surface area contributed by atoms with Crippen molar-refractivity contribution in [2.75, 3.05) is 10.6 Å². The molecule has 0 aliphatic heterocycles. The van der Waals surface area contributed by atoms with Crippen LogP contribution in [0.4, 0.5) is 11.5 Å². The van der Waals surface area contributed by atoms with Crippen molar-refractivity contribution in [1.29, 1.82) is 0 Å². The first-order valence-electron chi connectivity index (χ1n) is 8.70. The van der Waals surface area contributed by atoms with E-state index < -0.39 is 0 Å². The first-order valence-corrected chi connectivity index (χ1v) is 8.70. The Morgan fingerprint density at radius 1 is 1.36 bits per heavy atom. The summed E-state index contributed by atoms with van der Waals surface area (Å²) in [4.78, 5) is 29.9. The van der Waals surface area contributed by atoms with E-state index in [1.54, 1.807) is 12.3 Å². The van der Waals surface area contributed by atoms with Crippen LogP contribution in [0.3, 0.4) is 0 Å². The number of nitrogens with one attached hydrogen (secondary N) is 2. The highest BCUT2D eigenvalue weighted by atomic mass is 16.2. The van der Waals surface area contributed by atoms with Crippen molar-refractivity contribution in [3.05, 3.63) is 34.2 Å². The molecule has 0 fully saturated rings.